The minimum Gasteiger partial charge on any atom is -0.457 e. The van der Waals surface area contributed by atoms with Crippen molar-refractivity contribution in [1.82, 2.24) is 0 Å². The van der Waals surface area contributed by atoms with Crippen molar-refractivity contribution in [2.75, 3.05) is 6.61 Å². The van der Waals surface area contributed by atoms with E-state index in [1.807, 2.05) is 67.6 Å². The Labute approximate surface area is 241 Å². The van der Waals surface area contributed by atoms with Gasteiger partial charge >= 0.3 is 5.97 Å². The quantitative estimate of drug-likeness (QED) is 0.477. The van der Waals surface area contributed by atoms with Crippen LogP contribution in [0.15, 0.2) is 72.3 Å². The zero-order valence-corrected chi connectivity index (χ0v) is 23.9. The lowest BCUT2D eigenvalue weighted by Gasteiger charge is -2.60. The predicted octanol–water partition coefficient (Wildman–Crippen LogP) is 5.16. The van der Waals surface area contributed by atoms with E-state index in [-0.39, 0.29) is 29.0 Å². The molecule has 2 aromatic carbocycles. The Kier molecular flexibility index (Phi) is 7.06. The van der Waals surface area contributed by atoms with Crippen molar-refractivity contribution in [2.24, 2.45) is 28.6 Å². The van der Waals surface area contributed by atoms with Gasteiger partial charge in [0.25, 0.3) is 0 Å². The molecule has 2 aromatic rings. The second-order valence-electron chi connectivity index (χ2n) is 13.3. The molecule has 0 radical (unpaired) electrons. The topological polar surface area (TPSA) is 101 Å². The van der Waals surface area contributed by atoms with Gasteiger partial charge in [0.15, 0.2) is 12.4 Å². The van der Waals surface area contributed by atoms with Crippen molar-refractivity contribution in [2.45, 2.75) is 76.4 Å². The summed E-state index contributed by atoms with van der Waals surface area (Å²) in [5, 5.41) is 23.7. The molecule has 41 heavy (non-hydrogen) atoms. The Morgan fingerprint density at radius 1 is 0.951 bits per heavy atom. The summed E-state index contributed by atoms with van der Waals surface area (Å²) in [7, 11) is 0. The third-order valence-electron chi connectivity index (χ3n) is 11.4. The van der Waals surface area contributed by atoms with Crippen LogP contribution in [0.3, 0.4) is 0 Å². The van der Waals surface area contributed by atoms with E-state index in [9.17, 15) is 24.6 Å². The van der Waals surface area contributed by atoms with Crippen LogP contribution < -0.4 is 0 Å². The third-order valence-corrected chi connectivity index (χ3v) is 11.4. The summed E-state index contributed by atoms with van der Waals surface area (Å²) in [6, 6.07) is 18.7. The number of hydrogen-bond donors (Lipinski definition) is 2. The maximum absolute atomic E-state index is 13.8. The van der Waals surface area contributed by atoms with Crippen LogP contribution in [0.5, 0.6) is 0 Å². The second kappa shape index (κ2) is 10.3. The lowest BCUT2D eigenvalue weighted by atomic mass is 9.45. The van der Waals surface area contributed by atoms with Gasteiger partial charge in [-0.1, -0.05) is 80.1 Å². The lowest BCUT2D eigenvalue weighted by Crippen LogP contribution is -2.62. The Bertz CT molecular complexity index is 1330. The van der Waals surface area contributed by atoms with E-state index in [0.29, 0.717) is 25.7 Å². The molecule has 0 aliphatic heterocycles. The number of aliphatic hydroxyl groups excluding tert-OH is 1. The number of esters is 1. The molecule has 3 saturated carbocycles. The Hall–Kier alpha value is -3.09. The van der Waals surface area contributed by atoms with E-state index in [2.05, 4.69) is 6.92 Å². The SMILES string of the molecule is C[C@]12CCC(=O)C=C1CC[C@@H]1[C@@H]2[C@@H](O)C[C@@]2(C)[C@H]1CC[C@]2(O)C(=O)COC(=O)C(c1ccccc1)c1ccccc1. The molecular weight excluding hydrogens is 516 g/mol. The van der Waals surface area contributed by atoms with Crippen molar-refractivity contribution in [3.63, 3.8) is 0 Å². The number of ketones is 2. The fourth-order valence-electron chi connectivity index (χ4n) is 9.25. The van der Waals surface area contributed by atoms with E-state index >= 15 is 0 Å². The second-order valence-corrected chi connectivity index (χ2v) is 13.3. The largest absolute Gasteiger partial charge is 0.457 e. The van der Waals surface area contributed by atoms with Gasteiger partial charge in [0.1, 0.15) is 11.5 Å². The molecule has 4 aliphatic rings. The molecule has 0 unspecified atom stereocenters. The van der Waals surface area contributed by atoms with Gasteiger partial charge in [-0.25, -0.2) is 0 Å². The minimum atomic E-state index is -1.68. The van der Waals surface area contributed by atoms with Gasteiger partial charge in [0, 0.05) is 11.8 Å². The zero-order chi connectivity index (χ0) is 29.0. The Morgan fingerprint density at radius 3 is 2.22 bits per heavy atom. The minimum absolute atomic E-state index is 0.00135. The summed E-state index contributed by atoms with van der Waals surface area (Å²) in [6.45, 7) is 3.62. The Balaban J connectivity index is 1.21. The molecule has 6 heteroatoms. The molecule has 2 N–H and O–H groups in total. The van der Waals surface area contributed by atoms with Crippen LogP contribution in [0.2, 0.25) is 0 Å². The van der Waals surface area contributed by atoms with E-state index in [4.69, 9.17) is 4.74 Å². The van der Waals surface area contributed by atoms with E-state index in [1.165, 1.54) is 0 Å². The summed E-state index contributed by atoms with van der Waals surface area (Å²) >= 11 is 0. The van der Waals surface area contributed by atoms with Crippen molar-refractivity contribution < 1.29 is 29.3 Å². The highest BCUT2D eigenvalue weighted by Gasteiger charge is 2.68. The van der Waals surface area contributed by atoms with Gasteiger partial charge in [0.2, 0.25) is 5.78 Å². The zero-order valence-electron chi connectivity index (χ0n) is 23.9. The molecule has 0 aromatic heterocycles. The first-order valence-electron chi connectivity index (χ1n) is 15.0. The molecule has 0 saturated heterocycles. The van der Waals surface area contributed by atoms with Gasteiger partial charge in [0.05, 0.1) is 6.10 Å². The first-order valence-corrected chi connectivity index (χ1v) is 15.0. The van der Waals surface area contributed by atoms with Crippen molar-refractivity contribution in [1.29, 1.82) is 0 Å². The van der Waals surface area contributed by atoms with Crippen LogP contribution in [0.1, 0.15) is 75.8 Å². The van der Waals surface area contributed by atoms with Gasteiger partial charge in [-0.3, -0.25) is 14.4 Å². The van der Waals surface area contributed by atoms with Gasteiger partial charge in [-0.15, -0.1) is 0 Å². The van der Waals surface area contributed by atoms with Crippen LogP contribution in [0.4, 0.5) is 0 Å². The van der Waals surface area contributed by atoms with E-state index < -0.39 is 41.4 Å². The Morgan fingerprint density at radius 2 is 1.59 bits per heavy atom. The smallest absolute Gasteiger partial charge is 0.318 e. The summed E-state index contributed by atoms with van der Waals surface area (Å²) < 4.78 is 5.66. The number of carbonyl (C=O) groups is 3. The number of benzene rings is 2. The number of aliphatic hydroxyl groups is 2. The number of Topliss-reactive ketones (excluding diaryl/α,β-unsaturated/α-hetero) is 1. The monoisotopic (exact) mass is 556 g/mol. The number of allylic oxidation sites excluding steroid dienone is 1. The summed E-state index contributed by atoms with van der Waals surface area (Å²) in [5.41, 5.74) is -0.0432. The molecular formula is C35H40O6. The molecule has 3 fully saturated rings. The highest BCUT2D eigenvalue weighted by Crippen LogP contribution is 2.67. The third kappa shape index (κ3) is 4.42. The fraction of sp³-hybridized carbons (Fsp3) is 0.514. The molecule has 0 spiro atoms. The number of fused-ring (bicyclic) bond motifs is 5. The molecule has 6 rings (SSSR count). The van der Waals surface area contributed by atoms with Crippen LogP contribution in [-0.4, -0.2) is 46.1 Å². The molecule has 0 amide bonds. The molecule has 0 bridgehead atoms. The van der Waals surface area contributed by atoms with Gasteiger partial charge in [-0.2, -0.15) is 0 Å². The van der Waals surface area contributed by atoms with Crippen LogP contribution >= 0.6 is 0 Å². The fourth-order valence-corrected chi connectivity index (χ4v) is 9.25. The van der Waals surface area contributed by atoms with Crippen LogP contribution in [0.25, 0.3) is 0 Å². The number of carbonyl (C=O) groups excluding carboxylic acids is 3. The standard InChI is InChI=1S/C35H40O6/c1-33-17-15-25(36)19-24(33)13-14-26-27-16-18-35(40,34(27,2)20-28(37)31(26)33)29(38)21-41-32(39)30(22-9-5-3-6-10-22)23-11-7-4-8-12-23/h3-12,19,26-28,30-31,37,40H,13-18,20-21H2,1-2H3/t26-,27-,28-,31+,33-,34-,35-/m0/s1. The predicted molar refractivity (Wildman–Crippen MR) is 154 cm³/mol. The van der Waals surface area contributed by atoms with Gasteiger partial charge in [-0.05, 0) is 78.9 Å². The number of hydrogen-bond acceptors (Lipinski definition) is 6. The maximum Gasteiger partial charge on any atom is 0.318 e. The summed E-state index contributed by atoms with van der Waals surface area (Å²) in [5.74, 6) is -1.32. The normalized spacial score (nSPS) is 36.1. The highest BCUT2D eigenvalue weighted by molar-refractivity contribution is 5.93. The summed E-state index contributed by atoms with van der Waals surface area (Å²) in [6.07, 6.45) is 5.29. The summed E-state index contributed by atoms with van der Waals surface area (Å²) in [4.78, 5) is 39.4. The molecule has 7 atom stereocenters. The average Bonchev–Trinajstić information content (AvgIpc) is 3.24. The van der Waals surface area contributed by atoms with Crippen molar-refractivity contribution >= 4 is 17.5 Å². The van der Waals surface area contributed by atoms with Crippen LogP contribution in [0, 0.1) is 28.6 Å². The highest BCUT2D eigenvalue weighted by atomic mass is 16.5. The van der Waals surface area contributed by atoms with E-state index in [0.717, 1.165) is 36.0 Å². The molecule has 0 heterocycles. The van der Waals surface area contributed by atoms with Crippen molar-refractivity contribution in [3.8, 4) is 0 Å². The number of ether oxygens (including phenoxy) is 1. The van der Waals surface area contributed by atoms with Crippen LogP contribution in [-0.2, 0) is 19.1 Å². The maximum atomic E-state index is 13.8. The first kappa shape index (κ1) is 28.0. The molecule has 4 aliphatic carbocycles. The number of rotatable bonds is 6. The van der Waals surface area contributed by atoms with E-state index in [1.54, 1.807) is 6.08 Å². The van der Waals surface area contributed by atoms with Crippen molar-refractivity contribution in [3.05, 3.63) is 83.4 Å². The molecule has 216 valence electrons. The van der Waals surface area contributed by atoms with Gasteiger partial charge < -0.3 is 14.9 Å². The molecule has 6 nitrogen and oxygen atoms in total. The lowest BCUT2D eigenvalue weighted by molar-refractivity contribution is -0.184. The average molecular weight is 557 g/mol. The first-order chi connectivity index (χ1) is 19.6.